The van der Waals surface area contributed by atoms with Crippen LogP contribution in [0.5, 0.6) is 0 Å². The zero-order valence-corrected chi connectivity index (χ0v) is 9.37. The molecule has 0 saturated heterocycles. The Balaban J connectivity index is 1.87. The maximum atomic E-state index is 5.64. The molecule has 1 fully saturated rings. The first-order chi connectivity index (χ1) is 7.40. The van der Waals surface area contributed by atoms with E-state index in [4.69, 9.17) is 10.6 Å². The number of hydrazine groups is 1. The Hall–Kier alpha value is -0.540. The normalized spacial score (nSPS) is 24.7. The predicted molar refractivity (Wildman–Crippen MR) is 61.0 cm³/mol. The molecule has 86 valence electrons. The molecule has 3 nitrogen and oxygen atoms in total. The molecule has 1 aliphatic carbocycles. The molecule has 3 heteroatoms. The van der Waals surface area contributed by atoms with Crippen molar-refractivity contribution >= 4 is 0 Å². The Bertz CT molecular complexity index is 222. The molecule has 0 radical (unpaired) electrons. The number of ether oxygens (including phenoxy) is 1. The van der Waals surface area contributed by atoms with E-state index in [1.165, 1.54) is 37.7 Å². The zero-order chi connectivity index (χ0) is 10.5. The topological polar surface area (TPSA) is 47.3 Å². The van der Waals surface area contributed by atoms with Crippen molar-refractivity contribution in [3.8, 4) is 0 Å². The van der Waals surface area contributed by atoms with E-state index in [1.54, 1.807) is 0 Å². The monoisotopic (exact) mass is 210 g/mol. The van der Waals surface area contributed by atoms with E-state index in [9.17, 15) is 0 Å². The van der Waals surface area contributed by atoms with Crippen molar-refractivity contribution in [1.29, 1.82) is 0 Å². The van der Waals surface area contributed by atoms with Gasteiger partial charge in [-0.1, -0.05) is 25.7 Å². The number of rotatable bonds is 4. The Morgan fingerprint density at radius 1 is 1.40 bits per heavy atom. The van der Waals surface area contributed by atoms with Gasteiger partial charge in [0.05, 0.1) is 12.9 Å². The van der Waals surface area contributed by atoms with E-state index >= 15 is 0 Å². The first-order valence-corrected chi connectivity index (χ1v) is 6.17. The van der Waals surface area contributed by atoms with E-state index in [2.05, 4.69) is 5.43 Å². The van der Waals surface area contributed by atoms with E-state index in [1.807, 2.05) is 6.26 Å². The van der Waals surface area contributed by atoms with Crippen molar-refractivity contribution < 1.29 is 4.74 Å². The number of nitrogens with one attached hydrogen (secondary N) is 1. The second kappa shape index (κ2) is 5.52. The van der Waals surface area contributed by atoms with Crippen LogP contribution in [0.15, 0.2) is 11.8 Å². The largest absolute Gasteiger partial charge is 0.501 e. The summed E-state index contributed by atoms with van der Waals surface area (Å²) in [6, 6.07) is 0.341. The van der Waals surface area contributed by atoms with Gasteiger partial charge in [0.1, 0.15) is 0 Å². The highest BCUT2D eigenvalue weighted by atomic mass is 16.5. The lowest BCUT2D eigenvalue weighted by atomic mass is 9.92. The van der Waals surface area contributed by atoms with Crippen molar-refractivity contribution in [2.45, 2.75) is 51.0 Å². The quantitative estimate of drug-likeness (QED) is 0.552. The van der Waals surface area contributed by atoms with Crippen molar-refractivity contribution in [3.05, 3.63) is 11.8 Å². The third-order valence-corrected chi connectivity index (χ3v) is 3.65. The van der Waals surface area contributed by atoms with E-state index in [0.717, 1.165) is 25.4 Å². The summed E-state index contributed by atoms with van der Waals surface area (Å²) < 4.78 is 5.37. The Kier molecular flexibility index (Phi) is 4.03. The standard InChI is InChI=1S/C12H22N2O/c13-14-12(8-10-4-1-2-5-10)11-6-3-7-15-9-11/h9-10,12,14H,1-8,13H2. The van der Waals surface area contributed by atoms with Gasteiger partial charge in [0.25, 0.3) is 0 Å². The maximum Gasteiger partial charge on any atom is 0.0876 e. The van der Waals surface area contributed by atoms with Crippen LogP contribution in [0.3, 0.4) is 0 Å². The summed E-state index contributed by atoms with van der Waals surface area (Å²) in [6.45, 7) is 0.865. The number of hydrogen-bond acceptors (Lipinski definition) is 3. The third-order valence-electron chi connectivity index (χ3n) is 3.65. The molecule has 1 atom stereocenters. The molecule has 0 aromatic heterocycles. The van der Waals surface area contributed by atoms with Crippen LogP contribution in [0, 0.1) is 5.92 Å². The maximum absolute atomic E-state index is 5.64. The third kappa shape index (κ3) is 2.95. The van der Waals surface area contributed by atoms with Crippen molar-refractivity contribution in [2.75, 3.05) is 6.61 Å². The fourth-order valence-electron chi connectivity index (χ4n) is 2.75. The minimum Gasteiger partial charge on any atom is -0.501 e. The van der Waals surface area contributed by atoms with Crippen LogP contribution >= 0.6 is 0 Å². The van der Waals surface area contributed by atoms with Crippen molar-refractivity contribution in [2.24, 2.45) is 11.8 Å². The van der Waals surface area contributed by atoms with E-state index < -0.39 is 0 Å². The van der Waals surface area contributed by atoms with Crippen molar-refractivity contribution in [1.82, 2.24) is 5.43 Å². The van der Waals surface area contributed by atoms with Gasteiger partial charge in [-0.25, -0.2) is 0 Å². The minimum absolute atomic E-state index is 0.341. The van der Waals surface area contributed by atoms with Gasteiger partial charge in [-0.3, -0.25) is 11.3 Å². The summed E-state index contributed by atoms with van der Waals surface area (Å²) in [5.74, 6) is 6.50. The second-order valence-electron chi connectivity index (χ2n) is 4.77. The highest BCUT2D eigenvalue weighted by Crippen LogP contribution is 2.31. The van der Waals surface area contributed by atoms with Gasteiger partial charge in [0, 0.05) is 6.04 Å². The predicted octanol–water partition coefficient (Wildman–Crippen LogP) is 2.09. The first kappa shape index (κ1) is 11.0. The zero-order valence-electron chi connectivity index (χ0n) is 9.37. The molecule has 2 aliphatic rings. The van der Waals surface area contributed by atoms with Crippen LogP contribution in [0.2, 0.25) is 0 Å². The Labute approximate surface area is 92.0 Å². The van der Waals surface area contributed by atoms with Gasteiger partial charge < -0.3 is 4.74 Å². The molecular weight excluding hydrogens is 188 g/mol. The van der Waals surface area contributed by atoms with Crippen LogP contribution in [0.1, 0.15) is 44.9 Å². The number of hydrogen-bond donors (Lipinski definition) is 2. The molecule has 1 aliphatic heterocycles. The molecule has 0 bridgehead atoms. The average Bonchev–Trinajstić information content (AvgIpc) is 2.80. The second-order valence-corrected chi connectivity index (χ2v) is 4.77. The molecule has 1 unspecified atom stereocenters. The average molecular weight is 210 g/mol. The summed E-state index contributed by atoms with van der Waals surface area (Å²) in [4.78, 5) is 0. The smallest absolute Gasteiger partial charge is 0.0876 e. The lowest BCUT2D eigenvalue weighted by Gasteiger charge is -2.24. The van der Waals surface area contributed by atoms with Crippen LogP contribution < -0.4 is 11.3 Å². The Morgan fingerprint density at radius 2 is 2.20 bits per heavy atom. The molecule has 1 saturated carbocycles. The van der Waals surface area contributed by atoms with Crippen LogP contribution in [-0.2, 0) is 4.74 Å². The molecule has 0 amide bonds. The van der Waals surface area contributed by atoms with Gasteiger partial charge in [-0.05, 0) is 30.8 Å². The molecule has 0 aromatic carbocycles. The molecule has 3 N–H and O–H groups in total. The fraction of sp³-hybridized carbons (Fsp3) is 0.833. The Morgan fingerprint density at radius 3 is 2.80 bits per heavy atom. The van der Waals surface area contributed by atoms with E-state index in [0.29, 0.717) is 6.04 Å². The SMILES string of the molecule is NNC(CC1CCCC1)C1=COCCC1. The first-order valence-electron chi connectivity index (χ1n) is 6.17. The summed E-state index contributed by atoms with van der Waals surface area (Å²) in [5.41, 5.74) is 4.31. The van der Waals surface area contributed by atoms with Crippen LogP contribution in [0.4, 0.5) is 0 Å². The van der Waals surface area contributed by atoms with Gasteiger partial charge in [-0.2, -0.15) is 0 Å². The summed E-state index contributed by atoms with van der Waals surface area (Å²) in [7, 11) is 0. The van der Waals surface area contributed by atoms with Gasteiger partial charge in [0.15, 0.2) is 0 Å². The molecule has 2 rings (SSSR count). The van der Waals surface area contributed by atoms with Crippen LogP contribution in [0.25, 0.3) is 0 Å². The summed E-state index contributed by atoms with van der Waals surface area (Å²) >= 11 is 0. The molecule has 15 heavy (non-hydrogen) atoms. The van der Waals surface area contributed by atoms with Gasteiger partial charge in [-0.15, -0.1) is 0 Å². The van der Waals surface area contributed by atoms with Gasteiger partial charge >= 0.3 is 0 Å². The minimum atomic E-state index is 0.341. The molecular formula is C12H22N2O. The van der Waals surface area contributed by atoms with E-state index in [-0.39, 0.29) is 0 Å². The fourth-order valence-corrected chi connectivity index (χ4v) is 2.75. The number of nitrogens with two attached hydrogens (primary N) is 1. The lowest BCUT2D eigenvalue weighted by molar-refractivity contribution is 0.217. The summed E-state index contributed by atoms with van der Waals surface area (Å²) in [6.07, 6.45) is 10.9. The molecule has 0 spiro atoms. The van der Waals surface area contributed by atoms with Crippen molar-refractivity contribution in [3.63, 3.8) is 0 Å². The van der Waals surface area contributed by atoms with Crippen LogP contribution in [-0.4, -0.2) is 12.6 Å². The lowest BCUT2D eigenvalue weighted by Crippen LogP contribution is -2.38. The summed E-state index contributed by atoms with van der Waals surface area (Å²) in [5, 5.41) is 0. The molecule has 0 aromatic rings. The molecule has 1 heterocycles. The van der Waals surface area contributed by atoms with Gasteiger partial charge in [0.2, 0.25) is 0 Å². The highest BCUT2D eigenvalue weighted by molar-refractivity contribution is 5.09. The highest BCUT2D eigenvalue weighted by Gasteiger charge is 2.22.